The molecule has 4 nitrogen and oxygen atoms in total. The summed E-state index contributed by atoms with van der Waals surface area (Å²) >= 11 is 6.94. The molecule has 0 radical (unpaired) electrons. The van der Waals surface area contributed by atoms with Crippen molar-refractivity contribution in [2.45, 2.75) is 17.6 Å². The molecule has 0 amide bonds. The zero-order valence-electron chi connectivity index (χ0n) is 10.1. The van der Waals surface area contributed by atoms with Crippen molar-refractivity contribution in [1.29, 1.82) is 0 Å². The standard InChI is InChI=1S/C12H12ClNO3S2/c1-2-8-6-7-11(18-8)19(16,17)14-10-5-3-4-9(13)12(10)15/h3-7,14-15H,2H2,1H3. The fourth-order valence-corrected chi connectivity index (χ4v) is 4.02. The van der Waals surface area contributed by atoms with Crippen molar-refractivity contribution in [2.24, 2.45) is 0 Å². The zero-order valence-corrected chi connectivity index (χ0v) is 12.4. The number of phenolic OH excluding ortho intramolecular Hbond substituents is 1. The van der Waals surface area contributed by atoms with E-state index in [0.29, 0.717) is 0 Å². The number of hydrogen-bond donors (Lipinski definition) is 2. The summed E-state index contributed by atoms with van der Waals surface area (Å²) in [6.45, 7) is 1.96. The molecule has 19 heavy (non-hydrogen) atoms. The molecule has 0 aliphatic carbocycles. The molecule has 0 unspecified atom stereocenters. The molecule has 1 aromatic carbocycles. The Kier molecular flexibility index (Phi) is 4.03. The lowest BCUT2D eigenvalue weighted by molar-refractivity contribution is 0.478. The fraction of sp³-hybridized carbons (Fsp3) is 0.167. The van der Waals surface area contributed by atoms with Crippen LogP contribution >= 0.6 is 22.9 Å². The summed E-state index contributed by atoms with van der Waals surface area (Å²) in [5.74, 6) is -0.278. The van der Waals surface area contributed by atoms with Crippen LogP contribution in [0.3, 0.4) is 0 Å². The predicted octanol–water partition coefficient (Wildman–Crippen LogP) is 3.47. The highest BCUT2D eigenvalue weighted by Gasteiger charge is 2.18. The number of halogens is 1. The van der Waals surface area contributed by atoms with Crippen LogP contribution < -0.4 is 4.72 Å². The van der Waals surface area contributed by atoms with Crippen LogP contribution in [0.1, 0.15) is 11.8 Å². The monoisotopic (exact) mass is 317 g/mol. The molecule has 1 aromatic heterocycles. The van der Waals surface area contributed by atoms with Crippen molar-refractivity contribution in [2.75, 3.05) is 4.72 Å². The molecular formula is C12H12ClNO3S2. The summed E-state index contributed by atoms with van der Waals surface area (Å²) in [7, 11) is -3.69. The summed E-state index contributed by atoms with van der Waals surface area (Å²) in [4.78, 5) is 0.982. The van der Waals surface area contributed by atoms with E-state index in [1.807, 2.05) is 6.92 Å². The Morgan fingerprint density at radius 3 is 2.68 bits per heavy atom. The molecule has 7 heteroatoms. The number of rotatable bonds is 4. The second-order valence-corrected chi connectivity index (χ2v) is 7.30. The maximum Gasteiger partial charge on any atom is 0.271 e. The van der Waals surface area contributed by atoms with Gasteiger partial charge in [0.05, 0.1) is 10.7 Å². The van der Waals surface area contributed by atoms with E-state index in [2.05, 4.69) is 4.72 Å². The van der Waals surface area contributed by atoms with E-state index >= 15 is 0 Å². The van der Waals surface area contributed by atoms with Gasteiger partial charge in [0.2, 0.25) is 0 Å². The van der Waals surface area contributed by atoms with Gasteiger partial charge in [-0.15, -0.1) is 11.3 Å². The third-order valence-corrected chi connectivity index (χ3v) is 5.87. The Morgan fingerprint density at radius 2 is 2.05 bits per heavy atom. The highest BCUT2D eigenvalue weighted by molar-refractivity contribution is 7.94. The molecule has 0 bridgehead atoms. The number of aromatic hydroxyl groups is 1. The van der Waals surface area contributed by atoms with Gasteiger partial charge in [-0.3, -0.25) is 4.72 Å². The number of thiophene rings is 1. The van der Waals surface area contributed by atoms with Gasteiger partial charge < -0.3 is 5.11 Å². The second-order valence-electron chi connectivity index (χ2n) is 3.82. The van der Waals surface area contributed by atoms with Crippen molar-refractivity contribution in [3.8, 4) is 5.75 Å². The Hall–Kier alpha value is -1.24. The Bertz CT molecular complexity index is 695. The van der Waals surface area contributed by atoms with E-state index in [9.17, 15) is 13.5 Å². The van der Waals surface area contributed by atoms with Crippen molar-refractivity contribution >= 4 is 38.6 Å². The molecule has 0 aliphatic rings. The lowest BCUT2D eigenvalue weighted by Gasteiger charge is -2.08. The maximum atomic E-state index is 12.1. The lowest BCUT2D eigenvalue weighted by Crippen LogP contribution is -2.11. The number of nitrogens with one attached hydrogen (secondary N) is 1. The maximum absolute atomic E-state index is 12.1. The number of anilines is 1. The number of phenols is 1. The van der Waals surface area contributed by atoms with Gasteiger partial charge in [0.25, 0.3) is 10.0 Å². The minimum Gasteiger partial charge on any atom is -0.504 e. The Balaban J connectivity index is 2.33. The lowest BCUT2D eigenvalue weighted by atomic mass is 10.3. The zero-order chi connectivity index (χ0) is 14.0. The molecule has 0 saturated carbocycles. The summed E-state index contributed by atoms with van der Waals surface area (Å²) in [5, 5.41) is 9.80. The Morgan fingerprint density at radius 1 is 1.32 bits per heavy atom. The quantitative estimate of drug-likeness (QED) is 0.848. The SMILES string of the molecule is CCc1ccc(S(=O)(=O)Nc2cccc(Cl)c2O)s1. The van der Waals surface area contributed by atoms with E-state index in [1.165, 1.54) is 23.5 Å². The van der Waals surface area contributed by atoms with Crippen LogP contribution in [0.25, 0.3) is 0 Å². The van der Waals surface area contributed by atoms with Crippen LogP contribution in [0, 0.1) is 0 Å². The van der Waals surface area contributed by atoms with Crippen LogP contribution in [-0.4, -0.2) is 13.5 Å². The fourth-order valence-electron chi connectivity index (χ4n) is 1.49. The predicted molar refractivity (Wildman–Crippen MR) is 77.6 cm³/mol. The van der Waals surface area contributed by atoms with Crippen molar-refractivity contribution < 1.29 is 13.5 Å². The molecule has 0 saturated heterocycles. The van der Waals surface area contributed by atoms with Crippen LogP contribution in [0.4, 0.5) is 5.69 Å². The second kappa shape index (κ2) is 5.40. The average Bonchev–Trinajstić information content (AvgIpc) is 2.84. The number of para-hydroxylation sites is 1. The molecule has 2 N–H and O–H groups in total. The van der Waals surface area contributed by atoms with Gasteiger partial charge in [0.15, 0.2) is 5.75 Å². The number of aryl methyl sites for hydroxylation is 1. The summed E-state index contributed by atoms with van der Waals surface area (Å²) in [5.41, 5.74) is 0.0685. The van der Waals surface area contributed by atoms with Gasteiger partial charge in [-0.1, -0.05) is 24.6 Å². The minimum absolute atomic E-state index is 0.0685. The van der Waals surface area contributed by atoms with Crippen LogP contribution in [0.5, 0.6) is 5.75 Å². The van der Waals surface area contributed by atoms with Crippen LogP contribution in [-0.2, 0) is 16.4 Å². The van der Waals surface area contributed by atoms with Crippen LogP contribution in [0.15, 0.2) is 34.5 Å². The van der Waals surface area contributed by atoms with Gasteiger partial charge in [-0.2, -0.15) is 0 Å². The number of benzene rings is 1. The third kappa shape index (κ3) is 3.02. The normalized spacial score (nSPS) is 11.5. The van der Waals surface area contributed by atoms with E-state index < -0.39 is 10.0 Å². The van der Waals surface area contributed by atoms with Gasteiger partial charge in [0.1, 0.15) is 4.21 Å². The topological polar surface area (TPSA) is 66.4 Å². The van der Waals surface area contributed by atoms with E-state index in [0.717, 1.165) is 11.3 Å². The minimum atomic E-state index is -3.69. The van der Waals surface area contributed by atoms with E-state index in [1.54, 1.807) is 18.2 Å². The molecule has 0 fully saturated rings. The highest BCUT2D eigenvalue weighted by atomic mass is 35.5. The largest absolute Gasteiger partial charge is 0.504 e. The van der Waals surface area contributed by atoms with Crippen molar-refractivity contribution in [3.63, 3.8) is 0 Å². The van der Waals surface area contributed by atoms with Gasteiger partial charge in [-0.05, 0) is 30.7 Å². The molecule has 1 heterocycles. The molecule has 0 aliphatic heterocycles. The molecule has 102 valence electrons. The first kappa shape index (κ1) is 14.2. The van der Waals surface area contributed by atoms with Crippen LogP contribution in [0.2, 0.25) is 5.02 Å². The molecular weight excluding hydrogens is 306 g/mol. The number of hydrogen-bond acceptors (Lipinski definition) is 4. The molecule has 0 spiro atoms. The first-order chi connectivity index (χ1) is 8.94. The summed E-state index contributed by atoms with van der Waals surface area (Å²) < 4.78 is 26.8. The first-order valence-corrected chi connectivity index (χ1v) is 8.21. The van der Waals surface area contributed by atoms with Gasteiger partial charge in [0, 0.05) is 4.88 Å². The van der Waals surface area contributed by atoms with E-state index in [-0.39, 0.29) is 20.7 Å². The number of sulfonamides is 1. The van der Waals surface area contributed by atoms with Crippen molar-refractivity contribution in [1.82, 2.24) is 0 Å². The summed E-state index contributed by atoms with van der Waals surface area (Å²) in [6.07, 6.45) is 0.780. The highest BCUT2D eigenvalue weighted by Crippen LogP contribution is 2.33. The average molecular weight is 318 g/mol. The van der Waals surface area contributed by atoms with Crippen molar-refractivity contribution in [3.05, 3.63) is 40.2 Å². The molecule has 0 atom stereocenters. The van der Waals surface area contributed by atoms with E-state index in [4.69, 9.17) is 11.6 Å². The summed E-state index contributed by atoms with van der Waals surface area (Å²) in [6, 6.07) is 7.82. The molecule has 2 aromatic rings. The van der Waals surface area contributed by atoms with Gasteiger partial charge in [-0.25, -0.2) is 8.42 Å². The smallest absolute Gasteiger partial charge is 0.271 e. The molecule has 2 rings (SSSR count). The third-order valence-electron chi connectivity index (χ3n) is 2.48. The first-order valence-electron chi connectivity index (χ1n) is 5.53. The Labute approximate surface area is 120 Å². The van der Waals surface area contributed by atoms with Gasteiger partial charge >= 0.3 is 0 Å².